The number of fused-ring (bicyclic) bond motifs is 1. The Morgan fingerprint density at radius 1 is 1.19 bits per heavy atom. The molecule has 1 aromatic heterocycles. The Morgan fingerprint density at radius 3 is 2.50 bits per heavy atom. The van der Waals surface area contributed by atoms with Gasteiger partial charge in [0.15, 0.2) is 5.78 Å². The van der Waals surface area contributed by atoms with Gasteiger partial charge in [-0.05, 0) is 48.6 Å². The molecule has 0 aliphatic carbocycles. The fraction of sp³-hybridized carbons (Fsp3) is 0.370. The van der Waals surface area contributed by atoms with Crippen LogP contribution in [0.25, 0.3) is 16.6 Å². The maximum absolute atomic E-state index is 13.2. The number of halogens is 2. The van der Waals surface area contributed by atoms with Crippen molar-refractivity contribution >= 4 is 34.0 Å². The van der Waals surface area contributed by atoms with Crippen LogP contribution < -0.4 is 0 Å². The van der Waals surface area contributed by atoms with E-state index in [0.717, 1.165) is 53.5 Å². The summed E-state index contributed by atoms with van der Waals surface area (Å²) in [5, 5.41) is 1.48. The van der Waals surface area contributed by atoms with E-state index in [2.05, 4.69) is 23.4 Å². The zero-order valence-corrected chi connectivity index (χ0v) is 20.1. The minimum atomic E-state index is -0.202. The van der Waals surface area contributed by atoms with Crippen molar-refractivity contribution in [2.75, 3.05) is 13.6 Å². The van der Waals surface area contributed by atoms with E-state index in [-0.39, 0.29) is 17.5 Å². The highest BCUT2D eigenvalue weighted by Crippen LogP contribution is 2.32. The summed E-state index contributed by atoms with van der Waals surface area (Å²) < 4.78 is 13.2. The third-order valence-corrected chi connectivity index (χ3v) is 6.53. The summed E-state index contributed by atoms with van der Waals surface area (Å²) in [6.07, 6.45) is 4.73. The van der Waals surface area contributed by atoms with Crippen molar-refractivity contribution in [1.29, 1.82) is 0 Å². The normalized spacial score (nSPS) is 12.3. The van der Waals surface area contributed by atoms with Crippen molar-refractivity contribution in [3.8, 4) is 0 Å². The number of aromatic amines is 1. The first kappa shape index (κ1) is 24.1. The first-order valence-corrected chi connectivity index (χ1v) is 11.6. The fourth-order valence-corrected chi connectivity index (χ4v) is 4.27. The molecule has 1 unspecified atom stereocenters. The summed E-state index contributed by atoms with van der Waals surface area (Å²) in [5.74, 6) is 0.321. The summed E-state index contributed by atoms with van der Waals surface area (Å²) in [6.45, 7) is 11.1. The van der Waals surface area contributed by atoms with Gasteiger partial charge in [-0.3, -0.25) is 4.79 Å². The predicted octanol–water partition coefficient (Wildman–Crippen LogP) is 7.36. The van der Waals surface area contributed by atoms with Crippen LogP contribution >= 0.6 is 11.6 Å². The number of nitrogens with zero attached hydrogens (tertiary/aromatic N) is 1. The lowest BCUT2D eigenvalue weighted by atomic mass is 9.93. The van der Waals surface area contributed by atoms with Gasteiger partial charge in [0.25, 0.3) is 0 Å². The molecule has 0 fully saturated rings. The number of H-pyrrole nitrogens is 1. The lowest BCUT2D eigenvalue weighted by molar-refractivity contribution is 0.0941. The summed E-state index contributed by atoms with van der Waals surface area (Å²) in [5.41, 5.74) is 4.36. The van der Waals surface area contributed by atoms with Gasteiger partial charge < -0.3 is 9.88 Å². The molecule has 0 amide bonds. The van der Waals surface area contributed by atoms with Crippen LogP contribution in [-0.4, -0.2) is 29.3 Å². The third-order valence-electron chi connectivity index (χ3n) is 6.22. The average Bonchev–Trinajstić information content (AvgIpc) is 3.18. The second-order valence-electron chi connectivity index (χ2n) is 8.86. The fourth-order valence-electron chi connectivity index (χ4n) is 4.00. The van der Waals surface area contributed by atoms with Gasteiger partial charge in [0.05, 0.1) is 5.02 Å². The molecule has 3 aromatic rings. The Balaban J connectivity index is 1.72. The van der Waals surface area contributed by atoms with E-state index >= 15 is 0 Å². The second kappa shape index (κ2) is 10.4. The van der Waals surface area contributed by atoms with Crippen LogP contribution in [-0.2, 0) is 6.42 Å². The summed E-state index contributed by atoms with van der Waals surface area (Å²) >= 11 is 6.58. The van der Waals surface area contributed by atoms with Crippen LogP contribution in [0.5, 0.6) is 0 Å². The number of aromatic nitrogens is 1. The largest absolute Gasteiger partial charge is 0.375 e. The van der Waals surface area contributed by atoms with E-state index in [1.54, 1.807) is 6.20 Å². The molecular weight excluding hydrogens is 423 g/mol. The van der Waals surface area contributed by atoms with Gasteiger partial charge in [-0.25, -0.2) is 4.39 Å². The Bertz CT molecular complexity index is 1100. The highest BCUT2D eigenvalue weighted by Gasteiger charge is 2.19. The van der Waals surface area contributed by atoms with Gasteiger partial charge in [-0.1, -0.05) is 57.5 Å². The molecule has 170 valence electrons. The van der Waals surface area contributed by atoms with E-state index in [9.17, 15) is 9.18 Å². The van der Waals surface area contributed by atoms with Gasteiger partial charge in [-0.15, -0.1) is 0 Å². The summed E-state index contributed by atoms with van der Waals surface area (Å²) in [4.78, 5) is 17.9. The number of carbonyl (C=O) groups is 1. The molecular formula is C27H32ClFN2O. The summed E-state index contributed by atoms with van der Waals surface area (Å²) in [6, 6.07) is 10.6. The van der Waals surface area contributed by atoms with Crippen LogP contribution in [0.4, 0.5) is 4.39 Å². The molecule has 3 nitrogen and oxygen atoms in total. The molecule has 5 heteroatoms. The number of carbonyl (C=O) groups excluding carboxylic acids is 1. The number of nitrogens with one attached hydrogen (secondary N) is 1. The molecule has 0 radical (unpaired) electrons. The number of hydrogen-bond acceptors (Lipinski definition) is 2. The smallest absolute Gasteiger partial charge is 0.167 e. The monoisotopic (exact) mass is 454 g/mol. The van der Waals surface area contributed by atoms with Crippen LogP contribution in [0.3, 0.4) is 0 Å². The van der Waals surface area contributed by atoms with Crippen molar-refractivity contribution in [3.05, 3.63) is 76.7 Å². The number of benzene rings is 2. The molecule has 0 aliphatic rings. The van der Waals surface area contributed by atoms with Crippen LogP contribution in [0.2, 0.25) is 5.02 Å². The van der Waals surface area contributed by atoms with Crippen LogP contribution in [0, 0.1) is 17.7 Å². The lowest BCUT2D eigenvalue weighted by Crippen LogP contribution is -2.21. The SMILES string of the molecule is C=C(c1cc2c(C(=O)C(C)C)c[nH]c2cc1Cl)N(C)CCC(CC)Cc1ccc(F)cc1. The quantitative estimate of drug-likeness (QED) is 0.325. The number of Topliss-reactive ketones (excluding diaryl/α,β-unsaturated/α-hetero) is 1. The molecule has 0 spiro atoms. The van der Waals surface area contributed by atoms with Crippen molar-refractivity contribution in [1.82, 2.24) is 9.88 Å². The van der Waals surface area contributed by atoms with Gasteiger partial charge in [0.1, 0.15) is 5.82 Å². The zero-order valence-electron chi connectivity index (χ0n) is 19.3. The molecule has 1 heterocycles. The van der Waals surface area contributed by atoms with E-state index in [1.165, 1.54) is 12.1 Å². The minimum Gasteiger partial charge on any atom is -0.375 e. The number of ketones is 1. The van der Waals surface area contributed by atoms with E-state index in [4.69, 9.17) is 11.6 Å². The Hall–Kier alpha value is -2.59. The Labute approximate surface area is 195 Å². The Morgan fingerprint density at radius 2 is 1.88 bits per heavy atom. The minimum absolute atomic E-state index is 0.0777. The topological polar surface area (TPSA) is 36.1 Å². The maximum Gasteiger partial charge on any atom is 0.167 e. The van der Waals surface area contributed by atoms with Gasteiger partial charge in [0, 0.05) is 53.4 Å². The average molecular weight is 455 g/mol. The van der Waals surface area contributed by atoms with Crippen molar-refractivity contribution < 1.29 is 9.18 Å². The molecule has 0 saturated carbocycles. The van der Waals surface area contributed by atoms with Gasteiger partial charge >= 0.3 is 0 Å². The molecule has 3 rings (SSSR count). The second-order valence-corrected chi connectivity index (χ2v) is 9.27. The van der Waals surface area contributed by atoms with Crippen LogP contribution in [0.1, 0.15) is 55.1 Å². The van der Waals surface area contributed by atoms with E-state index < -0.39 is 0 Å². The lowest BCUT2D eigenvalue weighted by Gasteiger charge is -2.25. The molecule has 1 N–H and O–H groups in total. The Kier molecular flexibility index (Phi) is 7.78. The third kappa shape index (κ3) is 5.42. The van der Waals surface area contributed by atoms with Crippen LogP contribution in [0.15, 0.2) is 49.2 Å². The standard InChI is InChI=1S/C27H32ClFN2O/c1-6-19(13-20-7-9-21(29)10-8-20)11-12-31(5)18(4)22-14-23-24(27(32)17(2)3)16-30-26(23)15-25(22)28/h7-10,14-17,19,30H,4,6,11-13H2,1-3,5H3. The van der Waals surface area contributed by atoms with Gasteiger partial charge in [-0.2, -0.15) is 0 Å². The van der Waals surface area contributed by atoms with Gasteiger partial charge in [0.2, 0.25) is 0 Å². The number of hydrogen-bond donors (Lipinski definition) is 1. The van der Waals surface area contributed by atoms with Crippen molar-refractivity contribution in [3.63, 3.8) is 0 Å². The zero-order chi connectivity index (χ0) is 23.4. The van der Waals surface area contributed by atoms with Crippen molar-refractivity contribution in [2.24, 2.45) is 11.8 Å². The molecule has 0 bridgehead atoms. The number of rotatable bonds is 10. The van der Waals surface area contributed by atoms with Crippen molar-refractivity contribution in [2.45, 2.75) is 40.0 Å². The first-order chi connectivity index (χ1) is 15.2. The highest BCUT2D eigenvalue weighted by atomic mass is 35.5. The van der Waals surface area contributed by atoms with E-state index in [1.807, 2.05) is 45.2 Å². The van der Waals surface area contributed by atoms with E-state index in [0.29, 0.717) is 16.5 Å². The maximum atomic E-state index is 13.2. The molecule has 0 aliphatic heterocycles. The molecule has 1 atom stereocenters. The molecule has 32 heavy (non-hydrogen) atoms. The predicted molar refractivity (Wildman–Crippen MR) is 133 cm³/mol. The highest BCUT2D eigenvalue weighted by molar-refractivity contribution is 6.33. The summed E-state index contributed by atoms with van der Waals surface area (Å²) in [7, 11) is 2.02. The molecule has 2 aromatic carbocycles. The first-order valence-electron chi connectivity index (χ1n) is 11.2. The molecule has 0 saturated heterocycles.